The van der Waals surface area contributed by atoms with Crippen LogP contribution in [0.1, 0.15) is 36.0 Å². The van der Waals surface area contributed by atoms with Gasteiger partial charge in [0.2, 0.25) is 5.91 Å². The number of carbonyl (C=O) groups excluding carboxylic acids is 2. The lowest BCUT2D eigenvalue weighted by Crippen LogP contribution is -2.38. The predicted molar refractivity (Wildman–Crippen MR) is 137 cm³/mol. The third-order valence-corrected chi connectivity index (χ3v) is 6.27. The third-order valence-electron chi connectivity index (χ3n) is 6.27. The molecular weight excluding hydrogens is 428 g/mol. The molecule has 8 nitrogen and oxygen atoms in total. The SMILES string of the molecule is CN(C)C/C=C/C(=O)Nc1ccc(C(=O)Nc2cccc(NC3NNC4CCCCC43)c2)cc1. The van der Waals surface area contributed by atoms with Crippen LogP contribution in [0.2, 0.25) is 0 Å². The van der Waals surface area contributed by atoms with Crippen molar-refractivity contribution >= 4 is 28.9 Å². The maximum atomic E-state index is 12.7. The Morgan fingerprint density at radius 2 is 1.74 bits per heavy atom. The van der Waals surface area contributed by atoms with Gasteiger partial charge in [-0.05, 0) is 69.4 Å². The molecule has 3 atom stereocenters. The first-order chi connectivity index (χ1) is 16.5. The first-order valence-electron chi connectivity index (χ1n) is 11.9. The average Bonchev–Trinajstić information content (AvgIpc) is 3.22. The number of fused-ring (bicyclic) bond motifs is 1. The number of nitrogens with zero attached hydrogens (tertiary/aromatic N) is 1. The molecule has 0 spiro atoms. The molecule has 2 amide bonds. The fourth-order valence-corrected chi connectivity index (χ4v) is 4.51. The molecule has 1 aliphatic heterocycles. The van der Waals surface area contributed by atoms with Crippen molar-refractivity contribution < 1.29 is 9.59 Å². The summed E-state index contributed by atoms with van der Waals surface area (Å²) < 4.78 is 0. The zero-order valence-electron chi connectivity index (χ0n) is 19.8. The summed E-state index contributed by atoms with van der Waals surface area (Å²) in [6.07, 6.45) is 8.46. The number of amides is 2. The summed E-state index contributed by atoms with van der Waals surface area (Å²) >= 11 is 0. The normalized spacial score (nSPS) is 21.9. The molecule has 34 heavy (non-hydrogen) atoms. The smallest absolute Gasteiger partial charge is 0.255 e. The van der Waals surface area contributed by atoms with Crippen molar-refractivity contribution in [2.45, 2.75) is 37.9 Å². The molecule has 2 aromatic rings. The Bertz CT molecular complexity index is 1020. The van der Waals surface area contributed by atoms with E-state index >= 15 is 0 Å². The van der Waals surface area contributed by atoms with Crippen molar-refractivity contribution in [3.8, 4) is 0 Å². The van der Waals surface area contributed by atoms with E-state index in [0.717, 1.165) is 11.4 Å². The van der Waals surface area contributed by atoms with Crippen LogP contribution in [0.3, 0.4) is 0 Å². The van der Waals surface area contributed by atoms with E-state index in [1.54, 1.807) is 30.3 Å². The van der Waals surface area contributed by atoms with Crippen LogP contribution in [0.25, 0.3) is 0 Å². The largest absolute Gasteiger partial charge is 0.368 e. The van der Waals surface area contributed by atoms with Gasteiger partial charge in [-0.1, -0.05) is 25.0 Å². The highest BCUT2D eigenvalue weighted by molar-refractivity contribution is 6.05. The maximum Gasteiger partial charge on any atom is 0.255 e. The predicted octanol–water partition coefficient (Wildman–Crippen LogP) is 3.40. The lowest BCUT2D eigenvalue weighted by atomic mass is 9.84. The number of anilines is 3. The summed E-state index contributed by atoms with van der Waals surface area (Å²) in [6, 6.07) is 15.1. The maximum absolute atomic E-state index is 12.7. The third kappa shape index (κ3) is 6.44. The van der Waals surface area contributed by atoms with Crippen molar-refractivity contribution in [3.63, 3.8) is 0 Å². The van der Waals surface area contributed by atoms with Crippen LogP contribution in [0.4, 0.5) is 17.1 Å². The molecule has 1 saturated heterocycles. The van der Waals surface area contributed by atoms with Gasteiger partial charge in [-0.25, -0.2) is 5.43 Å². The van der Waals surface area contributed by atoms with Crippen LogP contribution < -0.4 is 26.8 Å². The average molecular weight is 463 g/mol. The molecule has 0 aromatic heterocycles. The quantitative estimate of drug-likeness (QED) is 0.386. The summed E-state index contributed by atoms with van der Waals surface area (Å²) in [6.45, 7) is 0.693. The molecule has 1 saturated carbocycles. The van der Waals surface area contributed by atoms with E-state index in [-0.39, 0.29) is 18.0 Å². The Hall–Kier alpha value is -3.20. The second kappa shape index (κ2) is 11.3. The minimum atomic E-state index is -0.200. The van der Waals surface area contributed by atoms with E-state index in [2.05, 4.69) is 26.8 Å². The number of hydrogen-bond donors (Lipinski definition) is 5. The van der Waals surface area contributed by atoms with Gasteiger partial charge in [0.05, 0.1) is 6.17 Å². The fraction of sp³-hybridized carbons (Fsp3) is 0.385. The minimum absolute atomic E-state index is 0.178. The second-order valence-electron chi connectivity index (χ2n) is 9.23. The van der Waals surface area contributed by atoms with Gasteiger partial charge in [0.15, 0.2) is 0 Å². The van der Waals surface area contributed by atoms with Crippen LogP contribution in [0, 0.1) is 5.92 Å². The molecule has 2 aliphatic rings. The van der Waals surface area contributed by atoms with E-state index in [9.17, 15) is 9.59 Å². The Labute approximate surface area is 201 Å². The first kappa shape index (κ1) is 23.9. The van der Waals surface area contributed by atoms with Crippen molar-refractivity contribution in [2.75, 3.05) is 36.6 Å². The van der Waals surface area contributed by atoms with Gasteiger partial charge in [0, 0.05) is 47.2 Å². The molecule has 5 N–H and O–H groups in total. The lowest BCUT2D eigenvalue weighted by Gasteiger charge is -2.28. The van der Waals surface area contributed by atoms with Crippen LogP contribution in [-0.4, -0.2) is 49.6 Å². The molecular formula is C26H34N6O2. The molecule has 1 aliphatic carbocycles. The van der Waals surface area contributed by atoms with Crippen molar-refractivity contribution in [2.24, 2.45) is 5.92 Å². The molecule has 4 rings (SSSR count). The van der Waals surface area contributed by atoms with Gasteiger partial charge in [0.1, 0.15) is 0 Å². The molecule has 180 valence electrons. The van der Waals surface area contributed by atoms with Crippen LogP contribution in [0.15, 0.2) is 60.7 Å². The second-order valence-corrected chi connectivity index (χ2v) is 9.23. The molecule has 2 aromatic carbocycles. The topological polar surface area (TPSA) is 97.5 Å². The highest BCUT2D eigenvalue weighted by atomic mass is 16.2. The molecule has 8 heteroatoms. The highest BCUT2D eigenvalue weighted by Gasteiger charge is 2.37. The Balaban J connectivity index is 1.31. The van der Waals surface area contributed by atoms with E-state index in [1.807, 2.05) is 43.3 Å². The van der Waals surface area contributed by atoms with E-state index in [0.29, 0.717) is 29.8 Å². The van der Waals surface area contributed by atoms with E-state index < -0.39 is 0 Å². The molecule has 0 bridgehead atoms. The number of likely N-dealkylation sites (N-methyl/N-ethyl adjacent to an activating group) is 1. The monoisotopic (exact) mass is 462 g/mol. The van der Waals surface area contributed by atoms with Gasteiger partial charge in [-0.2, -0.15) is 0 Å². The molecule has 0 radical (unpaired) electrons. The lowest BCUT2D eigenvalue weighted by molar-refractivity contribution is -0.111. The van der Waals surface area contributed by atoms with Crippen molar-refractivity contribution in [3.05, 3.63) is 66.2 Å². The summed E-state index contributed by atoms with van der Waals surface area (Å²) in [7, 11) is 3.88. The summed E-state index contributed by atoms with van der Waals surface area (Å²) in [4.78, 5) is 26.7. The highest BCUT2D eigenvalue weighted by Crippen LogP contribution is 2.31. The number of rotatable bonds is 8. The van der Waals surface area contributed by atoms with Crippen molar-refractivity contribution in [1.82, 2.24) is 15.8 Å². The van der Waals surface area contributed by atoms with Crippen LogP contribution >= 0.6 is 0 Å². The number of hydrazine groups is 1. The zero-order valence-corrected chi connectivity index (χ0v) is 19.8. The van der Waals surface area contributed by atoms with Gasteiger partial charge in [0.25, 0.3) is 5.91 Å². The Morgan fingerprint density at radius 1 is 0.971 bits per heavy atom. The van der Waals surface area contributed by atoms with Gasteiger partial charge < -0.3 is 20.9 Å². The van der Waals surface area contributed by atoms with Gasteiger partial charge in [-0.3, -0.25) is 15.0 Å². The Kier molecular flexibility index (Phi) is 7.95. The Morgan fingerprint density at radius 3 is 2.53 bits per heavy atom. The standard InChI is InChI=1S/C26H34N6O2/c1-32(2)16-6-11-24(33)27-19-14-12-18(13-15-19)26(34)29-21-8-5-7-20(17-21)28-25-22-9-3-4-10-23(22)30-31-25/h5-8,11-15,17,22-23,25,28,30-31H,3-4,9-10,16H2,1-2H3,(H,27,33)(H,29,34)/b11-6+. The fourth-order valence-electron chi connectivity index (χ4n) is 4.51. The number of benzene rings is 2. The van der Waals surface area contributed by atoms with Crippen LogP contribution in [0.5, 0.6) is 0 Å². The summed E-state index contributed by atoms with van der Waals surface area (Å²) in [5.41, 5.74) is 9.64. The number of nitrogens with one attached hydrogen (secondary N) is 5. The van der Waals surface area contributed by atoms with Crippen molar-refractivity contribution in [1.29, 1.82) is 0 Å². The summed E-state index contributed by atoms with van der Waals surface area (Å²) in [5.74, 6) is 0.165. The van der Waals surface area contributed by atoms with E-state index in [4.69, 9.17) is 0 Å². The van der Waals surface area contributed by atoms with Crippen LogP contribution in [-0.2, 0) is 4.79 Å². The first-order valence-corrected chi connectivity index (χ1v) is 11.9. The summed E-state index contributed by atoms with van der Waals surface area (Å²) in [5, 5.41) is 9.32. The molecule has 2 fully saturated rings. The number of hydrogen-bond acceptors (Lipinski definition) is 6. The van der Waals surface area contributed by atoms with Gasteiger partial charge >= 0.3 is 0 Å². The minimum Gasteiger partial charge on any atom is -0.368 e. The van der Waals surface area contributed by atoms with Gasteiger partial charge in [-0.15, -0.1) is 0 Å². The molecule has 3 unspecified atom stereocenters. The molecule has 1 heterocycles. The van der Waals surface area contributed by atoms with E-state index in [1.165, 1.54) is 31.8 Å². The number of carbonyl (C=O) groups is 2. The zero-order chi connectivity index (χ0) is 23.9.